The van der Waals surface area contributed by atoms with Crippen molar-refractivity contribution in [1.29, 1.82) is 0 Å². The van der Waals surface area contributed by atoms with Gasteiger partial charge < -0.3 is 0 Å². The molecule has 1 aromatic heterocycles. The van der Waals surface area contributed by atoms with E-state index in [4.69, 9.17) is 0 Å². The number of carbonyl (C=O) groups excluding carboxylic acids is 1. The van der Waals surface area contributed by atoms with Crippen LogP contribution in [-0.2, 0) is 4.79 Å². The molecule has 3 aromatic rings. The largest absolute Gasteiger partial charge is 0.299 e. The van der Waals surface area contributed by atoms with Gasteiger partial charge in [-0.2, -0.15) is 5.10 Å². The molecule has 1 aliphatic carbocycles. The van der Waals surface area contributed by atoms with Gasteiger partial charge in [0.1, 0.15) is 0 Å². The number of rotatable bonds is 7. The fourth-order valence-corrected chi connectivity index (χ4v) is 4.62. The fraction of sp³-hybridized carbons (Fsp3) is 0.333. The third kappa shape index (κ3) is 5.61. The van der Waals surface area contributed by atoms with Crippen LogP contribution in [0.25, 0.3) is 11.4 Å². The van der Waals surface area contributed by atoms with Crippen LogP contribution >= 0.6 is 11.8 Å². The first-order valence-corrected chi connectivity index (χ1v) is 11.7. The van der Waals surface area contributed by atoms with E-state index >= 15 is 0 Å². The summed E-state index contributed by atoms with van der Waals surface area (Å²) < 4.78 is 2.25. The average molecular weight is 434 g/mol. The van der Waals surface area contributed by atoms with Crippen molar-refractivity contribution < 1.29 is 4.79 Å². The molecule has 7 heteroatoms. The quantitative estimate of drug-likeness (QED) is 0.323. The highest BCUT2D eigenvalue weighted by Gasteiger charge is 2.24. The van der Waals surface area contributed by atoms with Gasteiger partial charge in [-0.25, -0.2) is 5.43 Å². The van der Waals surface area contributed by atoms with E-state index in [1.807, 2.05) is 30.3 Å². The number of aryl methyl sites for hydroxylation is 1. The van der Waals surface area contributed by atoms with E-state index in [2.05, 4.69) is 56.5 Å². The summed E-state index contributed by atoms with van der Waals surface area (Å²) >= 11 is 1.42. The van der Waals surface area contributed by atoms with E-state index in [0.29, 0.717) is 6.04 Å². The van der Waals surface area contributed by atoms with E-state index in [0.717, 1.165) is 34.9 Å². The van der Waals surface area contributed by atoms with E-state index < -0.39 is 0 Å². The van der Waals surface area contributed by atoms with Gasteiger partial charge in [0, 0.05) is 11.6 Å². The van der Waals surface area contributed by atoms with Crippen LogP contribution in [0.3, 0.4) is 0 Å². The second kappa shape index (κ2) is 10.4. The summed E-state index contributed by atoms with van der Waals surface area (Å²) in [5.41, 5.74) is 5.82. The van der Waals surface area contributed by atoms with Crippen LogP contribution in [0.1, 0.15) is 49.3 Å². The van der Waals surface area contributed by atoms with Crippen molar-refractivity contribution in [2.45, 2.75) is 50.2 Å². The smallest absolute Gasteiger partial charge is 0.250 e. The molecule has 0 aliphatic heterocycles. The van der Waals surface area contributed by atoms with Crippen LogP contribution in [0.4, 0.5) is 0 Å². The number of nitrogens with one attached hydrogen (secondary N) is 1. The van der Waals surface area contributed by atoms with Crippen molar-refractivity contribution in [3.8, 4) is 11.4 Å². The highest BCUT2D eigenvalue weighted by molar-refractivity contribution is 7.99. The van der Waals surface area contributed by atoms with E-state index in [1.54, 1.807) is 6.21 Å². The topological polar surface area (TPSA) is 72.2 Å². The number of carbonyl (C=O) groups is 1. The summed E-state index contributed by atoms with van der Waals surface area (Å²) in [7, 11) is 0. The number of thioether (sulfide) groups is 1. The lowest BCUT2D eigenvalue weighted by Gasteiger charge is -2.25. The molecule has 0 unspecified atom stereocenters. The molecule has 1 fully saturated rings. The van der Waals surface area contributed by atoms with Crippen molar-refractivity contribution in [3.05, 3.63) is 65.7 Å². The first-order chi connectivity index (χ1) is 15.2. The Labute approximate surface area is 187 Å². The standard InChI is InChI=1S/C24H27N5OS/c1-18-12-14-20(15-13-18)23-27-28-24(29(23)21-10-6-3-7-11-21)31-17-22(30)26-25-16-19-8-4-2-5-9-19/h2,4-5,8-9,12-16,21H,3,6-7,10-11,17H2,1H3,(H,26,30)/b25-16-. The van der Waals surface area contributed by atoms with Gasteiger partial charge in [-0.05, 0) is 25.3 Å². The molecule has 1 amide bonds. The number of hydrazone groups is 1. The third-order valence-corrected chi connectivity index (χ3v) is 6.39. The Morgan fingerprint density at radius 1 is 1.10 bits per heavy atom. The maximum atomic E-state index is 12.3. The van der Waals surface area contributed by atoms with Gasteiger partial charge in [-0.15, -0.1) is 10.2 Å². The molecule has 1 aliphatic rings. The Hall–Kier alpha value is -2.93. The SMILES string of the molecule is Cc1ccc(-c2nnc(SCC(=O)N/N=C\c3ccccc3)n2C2CCCCC2)cc1. The number of benzene rings is 2. The molecule has 2 aromatic carbocycles. The summed E-state index contributed by atoms with van der Waals surface area (Å²) in [6.07, 6.45) is 7.60. The van der Waals surface area contributed by atoms with Crippen LogP contribution in [-0.4, -0.2) is 32.6 Å². The Morgan fingerprint density at radius 3 is 2.58 bits per heavy atom. The van der Waals surface area contributed by atoms with Crippen molar-refractivity contribution in [2.75, 3.05) is 5.75 Å². The number of hydrogen-bond acceptors (Lipinski definition) is 5. The number of amides is 1. The predicted molar refractivity (Wildman–Crippen MR) is 125 cm³/mol. The third-order valence-electron chi connectivity index (χ3n) is 5.45. The molecule has 31 heavy (non-hydrogen) atoms. The fourth-order valence-electron chi connectivity index (χ4n) is 3.82. The normalized spacial score (nSPS) is 14.7. The minimum absolute atomic E-state index is 0.160. The van der Waals surface area contributed by atoms with Crippen molar-refractivity contribution in [3.63, 3.8) is 0 Å². The molecule has 1 heterocycles. The van der Waals surface area contributed by atoms with Crippen LogP contribution < -0.4 is 5.43 Å². The van der Waals surface area contributed by atoms with Crippen LogP contribution in [0.15, 0.2) is 64.9 Å². The Morgan fingerprint density at radius 2 is 1.84 bits per heavy atom. The van der Waals surface area contributed by atoms with Crippen molar-refractivity contribution >= 4 is 23.9 Å². The van der Waals surface area contributed by atoms with E-state index in [9.17, 15) is 4.79 Å². The van der Waals surface area contributed by atoms with Crippen molar-refractivity contribution in [1.82, 2.24) is 20.2 Å². The second-order valence-corrected chi connectivity index (χ2v) is 8.77. The lowest BCUT2D eigenvalue weighted by Crippen LogP contribution is -2.20. The van der Waals surface area contributed by atoms with Gasteiger partial charge >= 0.3 is 0 Å². The summed E-state index contributed by atoms with van der Waals surface area (Å²) in [6.45, 7) is 2.08. The molecule has 0 saturated heterocycles. The number of aromatic nitrogens is 3. The molecule has 0 radical (unpaired) electrons. The molecule has 0 atom stereocenters. The monoisotopic (exact) mass is 433 g/mol. The summed E-state index contributed by atoms with van der Waals surface area (Å²) in [4.78, 5) is 12.3. The van der Waals surface area contributed by atoms with Crippen LogP contribution in [0.2, 0.25) is 0 Å². The zero-order valence-electron chi connectivity index (χ0n) is 17.7. The Bertz CT molecular complexity index is 1020. The molecule has 4 rings (SSSR count). The molecule has 1 saturated carbocycles. The Kier molecular flexibility index (Phi) is 7.14. The molecule has 6 nitrogen and oxygen atoms in total. The summed E-state index contributed by atoms with van der Waals surface area (Å²) in [5.74, 6) is 0.967. The molecule has 0 bridgehead atoms. The van der Waals surface area contributed by atoms with E-state index in [1.165, 1.54) is 36.6 Å². The number of nitrogens with zero attached hydrogens (tertiary/aromatic N) is 4. The maximum Gasteiger partial charge on any atom is 0.250 e. The van der Waals surface area contributed by atoms with E-state index in [-0.39, 0.29) is 11.7 Å². The lowest BCUT2D eigenvalue weighted by atomic mass is 9.95. The number of hydrogen-bond donors (Lipinski definition) is 1. The molecule has 0 spiro atoms. The predicted octanol–water partition coefficient (Wildman–Crippen LogP) is 5.00. The first kappa shape index (κ1) is 21.3. The molecular weight excluding hydrogens is 406 g/mol. The first-order valence-electron chi connectivity index (χ1n) is 10.7. The molecule has 160 valence electrons. The van der Waals surface area contributed by atoms with Crippen LogP contribution in [0, 0.1) is 6.92 Å². The van der Waals surface area contributed by atoms with Gasteiger partial charge in [0.15, 0.2) is 11.0 Å². The summed E-state index contributed by atoms with van der Waals surface area (Å²) in [6, 6.07) is 18.4. The minimum atomic E-state index is -0.160. The highest BCUT2D eigenvalue weighted by atomic mass is 32.2. The second-order valence-electron chi connectivity index (χ2n) is 7.83. The highest BCUT2D eigenvalue weighted by Crippen LogP contribution is 2.35. The van der Waals surface area contributed by atoms with Gasteiger partial charge in [0.2, 0.25) is 0 Å². The molecule has 1 N–H and O–H groups in total. The van der Waals surface area contributed by atoms with Gasteiger partial charge in [-0.1, -0.05) is 91.2 Å². The van der Waals surface area contributed by atoms with Crippen LogP contribution in [0.5, 0.6) is 0 Å². The zero-order chi connectivity index (χ0) is 21.5. The Balaban J connectivity index is 1.46. The lowest BCUT2D eigenvalue weighted by molar-refractivity contribution is -0.118. The molecular formula is C24H27N5OS. The maximum absolute atomic E-state index is 12.3. The minimum Gasteiger partial charge on any atom is -0.299 e. The average Bonchev–Trinajstić information content (AvgIpc) is 3.23. The van der Waals surface area contributed by atoms with Gasteiger partial charge in [-0.3, -0.25) is 9.36 Å². The van der Waals surface area contributed by atoms with Gasteiger partial charge in [0.25, 0.3) is 5.91 Å². The zero-order valence-corrected chi connectivity index (χ0v) is 18.5. The van der Waals surface area contributed by atoms with Crippen molar-refractivity contribution in [2.24, 2.45) is 5.10 Å². The summed E-state index contributed by atoms with van der Waals surface area (Å²) in [5, 5.41) is 13.8. The van der Waals surface area contributed by atoms with Gasteiger partial charge in [0.05, 0.1) is 12.0 Å².